The van der Waals surface area contributed by atoms with Gasteiger partial charge in [-0.3, -0.25) is 0 Å². The number of aryl methyl sites for hydroxylation is 5. The maximum Gasteiger partial charge on any atom is 0.213 e. The third-order valence-electron chi connectivity index (χ3n) is 6.75. The monoisotopic (exact) mass is 390 g/mol. The first-order chi connectivity index (χ1) is 14.5. The largest absolute Gasteiger partial charge is 0.213 e. The zero-order chi connectivity index (χ0) is 21.0. The van der Waals surface area contributed by atoms with Crippen molar-refractivity contribution in [1.82, 2.24) is 0 Å². The predicted octanol–water partition coefficient (Wildman–Crippen LogP) is 6.65. The van der Waals surface area contributed by atoms with Gasteiger partial charge in [-0.1, -0.05) is 54.6 Å². The van der Waals surface area contributed by atoms with Crippen LogP contribution in [0.4, 0.5) is 0 Å². The van der Waals surface area contributed by atoms with Crippen LogP contribution in [0, 0.1) is 27.7 Å². The summed E-state index contributed by atoms with van der Waals surface area (Å²) in [5, 5.41) is 0. The number of aromatic nitrogens is 1. The van der Waals surface area contributed by atoms with Gasteiger partial charge in [-0.2, -0.15) is 0 Å². The summed E-state index contributed by atoms with van der Waals surface area (Å²) in [6.07, 6.45) is 3.33. The summed E-state index contributed by atoms with van der Waals surface area (Å²) in [6, 6.07) is 22.3. The molecule has 0 bridgehead atoms. The van der Waals surface area contributed by atoms with Gasteiger partial charge in [0, 0.05) is 11.6 Å². The molecule has 4 aromatic rings. The second-order valence-corrected chi connectivity index (χ2v) is 8.74. The number of hydrogen-bond donors (Lipinski definition) is 0. The van der Waals surface area contributed by atoms with Crippen molar-refractivity contribution in [3.05, 3.63) is 100 Å². The predicted molar refractivity (Wildman–Crippen MR) is 126 cm³/mol. The van der Waals surface area contributed by atoms with Crippen LogP contribution in [0.3, 0.4) is 0 Å². The highest BCUT2D eigenvalue weighted by Crippen LogP contribution is 2.43. The fourth-order valence-electron chi connectivity index (χ4n) is 5.08. The second kappa shape index (κ2) is 6.95. The van der Waals surface area contributed by atoms with Crippen molar-refractivity contribution in [1.29, 1.82) is 0 Å². The molecule has 0 saturated carbocycles. The fourth-order valence-corrected chi connectivity index (χ4v) is 5.08. The number of rotatable bonds is 2. The van der Waals surface area contributed by atoms with Gasteiger partial charge in [0.15, 0.2) is 6.20 Å². The van der Waals surface area contributed by atoms with E-state index in [1.165, 1.54) is 66.9 Å². The molecule has 0 saturated heterocycles. The molecular formula is C29H28N+. The minimum absolute atomic E-state index is 1.02. The lowest BCUT2D eigenvalue weighted by molar-refractivity contribution is -0.660. The molecule has 148 valence electrons. The fraction of sp³-hybridized carbons (Fsp3) is 0.207. The van der Waals surface area contributed by atoms with E-state index in [4.69, 9.17) is 0 Å². The van der Waals surface area contributed by atoms with Gasteiger partial charge in [0.25, 0.3) is 0 Å². The number of nitrogens with zero attached hydrogens (tertiary/aromatic N) is 1. The Morgan fingerprint density at radius 2 is 1.30 bits per heavy atom. The van der Waals surface area contributed by atoms with Crippen molar-refractivity contribution < 1.29 is 4.57 Å². The molecule has 1 aromatic heterocycles. The van der Waals surface area contributed by atoms with Gasteiger partial charge in [-0.15, -0.1) is 0 Å². The van der Waals surface area contributed by atoms with Gasteiger partial charge in [-0.25, -0.2) is 4.57 Å². The molecule has 0 atom stereocenters. The van der Waals surface area contributed by atoms with Crippen LogP contribution in [-0.4, -0.2) is 0 Å². The molecule has 0 amide bonds. The van der Waals surface area contributed by atoms with Crippen molar-refractivity contribution in [2.75, 3.05) is 0 Å². The van der Waals surface area contributed by atoms with Gasteiger partial charge in [-0.05, 0) is 84.2 Å². The van der Waals surface area contributed by atoms with Crippen molar-refractivity contribution in [3.8, 4) is 33.5 Å². The Bertz CT molecular complexity index is 1310. The lowest BCUT2D eigenvalue weighted by atomic mass is 9.91. The van der Waals surface area contributed by atoms with Crippen LogP contribution in [0.25, 0.3) is 33.5 Å². The van der Waals surface area contributed by atoms with E-state index < -0.39 is 0 Å². The highest BCUT2D eigenvalue weighted by molar-refractivity contribution is 5.86. The molecule has 0 aliphatic heterocycles. The second-order valence-electron chi connectivity index (χ2n) is 8.74. The van der Waals surface area contributed by atoms with Crippen molar-refractivity contribution in [2.45, 2.75) is 34.1 Å². The number of benzene rings is 3. The van der Waals surface area contributed by atoms with E-state index in [9.17, 15) is 0 Å². The van der Waals surface area contributed by atoms with E-state index >= 15 is 0 Å². The van der Waals surface area contributed by atoms with Crippen LogP contribution in [0.5, 0.6) is 0 Å². The molecule has 3 aromatic carbocycles. The summed E-state index contributed by atoms with van der Waals surface area (Å²) < 4.78 is 2.31. The summed E-state index contributed by atoms with van der Waals surface area (Å²) in [5.74, 6) is 0. The molecule has 30 heavy (non-hydrogen) atoms. The Morgan fingerprint density at radius 3 is 2.10 bits per heavy atom. The molecule has 0 unspecified atom stereocenters. The van der Waals surface area contributed by atoms with E-state index in [1.807, 2.05) is 0 Å². The Kier molecular flexibility index (Phi) is 4.36. The average Bonchev–Trinajstić information content (AvgIpc) is 3.10. The number of hydrogen-bond acceptors (Lipinski definition) is 0. The maximum absolute atomic E-state index is 2.38. The number of fused-ring (bicyclic) bond motifs is 3. The molecule has 1 aliphatic rings. The molecular weight excluding hydrogens is 362 g/mol. The SMILES string of the molecule is Cc1ccccc1-c1c[n+](C)c(-c2c(C)ccc3c2Cc2c(C)cccc2-3)cc1C. The first kappa shape index (κ1) is 18.8. The van der Waals surface area contributed by atoms with E-state index in [0.717, 1.165) is 6.42 Å². The summed E-state index contributed by atoms with van der Waals surface area (Å²) in [6.45, 7) is 8.91. The minimum Gasteiger partial charge on any atom is -0.200 e. The third kappa shape index (κ3) is 2.81. The molecule has 1 heteroatoms. The van der Waals surface area contributed by atoms with Crippen LogP contribution in [0.2, 0.25) is 0 Å². The summed E-state index contributed by atoms with van der Waals surface area (Å²) in [7, 11) is 2.18. The molecule has 0 N–H and O–H groups in total. The molecule has 0 radical (unpaired) electrons. The molecule has 1 nitrogen and oxygen atoms in total. The van der Waals surface area contributed by atoms with Gasteiger partial charge < -0.3 is 0 Å². The van der Waals surface area contributed by atoms with Gasteiger partial charge in [0.2, 0.25) is 5.69 Å². The normalized spacial score (nSPS) is 12.0. The van der Waals surface area contributed by atoms with Crippen LogP contribution < -0.4 is 4.57 Å². The van der Waals surface area contributed by atoms with Crippen molar-refractivity contribution in [3.63, 3.8) is 0 Å². The van der Waals surface area contributed by atoms with Gasteiger partial charge in [0.05, 0.1) is 5.56 Å². The lowest BCUT2D eigenvalue weighted by Crippen LogP contribution is -2.32. The zero-order valence-electron chi connectivity index (χ0n) is 18.5. The van der Waals surface area contributed by atoms with Crippen LogP contribution in [-0.2, 0) is 13.5 Å². The topological polar surface area (TPSA) is 3.88 Å². The summed E-state index contributed by atoms with van der Waals surface area (Å²) in [5.41, 5.74) is 16.4. The Labute approximate surface area is 179 Å². The number of pyridine rings is 1. The zero-order valence-corrected chi connectivity index (χ0v) is 18.5. The molecule has 0 fully saturated rings. The molecule has 1 heterocycles. The highest BCUT2D eigenvalue weighted by atomic mass is 14.9. The Morgan fingerprint density at radius 1 is 0.600 bits per heavy atom. The highest BCUT2D eigenvalue weighted by Gasteiger charge is 2.27. The van der Waals surface area contributed by atoms with Gasteiger partial charge in [0.1, 0.15) is 7.05 Å². The van der Waals surface area contributed by atoms with Crippen LogP contribution in [0.1, 0.15) is 33.4 Å². The molecule has 0 spiro atoms. The van der Waals surface area contributed by atoms with Crippen molar-refractivity contribution >= 4 is 0 Å². The standard InChI is InChI=1S/C29H28N/c1-18-9-6-7-11-22(18)27-17-30(5)28(15-21(27)4)29-20(3)13-14-24-23-12-8-10-19(2)25(23)16-26(24)29/h6-15,17H,16H2,1-5H3/q+1. The molecule has 1 aliphatic carbocycles. The first-order valence-corrected chi connectivity index (χ1v) is 10.7. The maximum atomic E-state index is 2.38. The lowest BCUT2D eigenvalue weighted by Gasteiger charge is -2.14. The average molecular weight is 391 g/mol. The van der Waals surface area contributed by atoms with E-state index in [1.54, 1.807) is 0 Å². The Balaban J connectivity index is 1.71. The van der Waals surface area contributed by atoms with Crippen molar-refractivity contribution in [2.24, 2.45) is 7.05 Å². The summed E-state index contributed by atoms with van der Waals surface area (Å²) in [4.78, 5) is 0. The third-order valence-corrected chi connectivity index (χ3v) is 6.75. The molecule has 5 rings (SSSR count). The van der Waals surface area contributed by atoms with Gasteiger partial charge >= 0.3 is 0 Å². The summed E-state index contributed by atoms with van der Waals surface area (Å²) >= 11 is 0. The van der Waals surface area contributed by atoms with E-state index in [-0.39, 0.29) is 0 Å². The van der Waals surface area contributed by atoms with E-state index in [2.05, 4.69) is 106 Å². The van der Waals surface area contributed by atoms with Crippen LogP contribution >= 0.6 is 0 Å². The van der Waals surface area contributed by atoms with Crippen LogP contribution in [0.15, 0.2) is 66.9 Å². The quantitative estimate of drug-likeness (QED) is 0.297. The van der Waals surface area contributed by atoms with E-state index in [0.29, 0.717) is 0 Å². The first-order valence-electron chi connectivity index (χ1n) is 10.7. The smallest absolute Gasteiger partial charge is 0.200 e. The minimum atomic E-state index is 1.02. The Hall–Kier alpha value is -3.19.